The summed E-state index contributed by atoms with van der Waals surface area (Å²) in [4.78, 5) is 24.6. The highest BCUT2D eigenvalue weighted by Crippen LogP contribution is 2.15. The van der Waals surface area contributed by atoms with Gasteiger partial charge >= 0.3 is 0 Å². The van der Waals surface area contributed by atoms with Crippen molar-refractivity contribution in [3.8, 4) is 5.75 Å². The van der Waals surface area contributed by atoms with Crippen molar-refractivity contribution in [3.63, 3.8) is 0 Å². The Bertz CT molecular complexity index is 868. The topological polar surface area (TPSA) is 79.5 Å². The van der Waals surface area contributed by atoms with E-state index in [0.29, 0.717) is 23.4 Å². The molecule has 0 spiro atoms. The van der Waals surface area contributed by atoms with E-state index in [1.165, 1.54) is 0 Å². The summed E-state index contributed by atoms with van der Waals surface area (Å²) in [5, 5.41) is 8.62. The van der Waals surface area contributed by atoms with Gasteiger partial charge in [-0.25, -0.2) is 0 Å². The second-order valence-corrected chi connectivity index (χ2v) is 7.37. The third-order valence-electron chi connectivity index (χ3n) is 4.45. The molecule has 0 aliphatic heterocycles. The molecule has 0 aliphatic carbocycles. The third kappa shape index (κ3) is 7.48. The van der Waals surface area contributed by atoms with E-state index in [0.717, 1.165) is 25.0 Å². The Hall–Kier alpha value is -2.93. The Kier molecular flexibility index (Phi) is 9.28. The van der Waals surface area contributed by atoms with Gasteiger partial charge in [0.1, 0.15) is 5.75 Å². The van der Waals surface area contributed by atoms with Crippen LogP contribution in [0, 0.1) is 0 Å². The molecule has 7 heteroatoms. The van der Waals surface area contributed by atoms with Gasteiger partial charge < -0.3 is 15.4 Å². The van der Waals surface area contributed by atoms with Crippen LogP contribution in [0.4, 0.5) is 5.69 Å². The highest BCUT2D eigenvalue weighted by Gasteiger charge is 2.10. The quantitative estimate of drug-likeness (QED) is 0.405. The van der Waals surface area contributed by atoms with Gasteiger partial charge in [0.2, 0.25) is 0 Å². The second kappa shape index (κ2) is 11.9. The average molecular weight is 428 g/mol. The molecule has 1 atom stereocenters. The number of hydrogen-bond donors (Lipinski definition) is 3. The van der Waals surface area contributed by atoms with Crippen LogP contribution in [-0.4, -0.2) is 29.6 Å². The molecular weight excluding hydrogens is 398 g/mol. The number of hydrogen-bond acceptors (Lipinski definition) is 4. The van der Waals surface area contributed by atoms with Crippen molar-refractivity contribution in [2.45, 2.75) is 46.1 Å². The molecule has 160 valence electrons. The number of carbonyl (C=O) groups is 2. The first-order valence-electron chi connectivity index (χ1n) is 10.2. The lowest BCUT2D eigenvalue weighted by atomic mass is 10.2. The lowest BCUT2D eigenvalue weighted by molar-refractivity contribution is 0.0950. The van der Waals surface area contributed by atoms with Crippen molar-refractivity contribution in [2.75, 3.05) is 11.9 Å². The van der Waals surface area contributed by atoms with Gasteiger partial charge in [0.25, 0.3) is 11.8 Å². The van der Waals surface area contributed by atoms with Crippen LogP contribution in [0.25, 0.3) is 0 Å². The Morgan fingerprint density at radius 3 is 2.43 bits per heavy atom. The SMILES string of the molecule is CCCCNC(=O)c1cccc(NC(=S)NC(=O)c2ccc(OC(C)CC)cc2)c1. The normalized spacial score (nSPS) is 11.3. The molecule has 2 rings (SSSR count). The molecule has 6 nitrogen and oxygen atoms in total. The van der Waals surface area contributed by atoms with Crippen LogP contribution >= 0.6 is 12.2 Å². The van der Waals surface area contributed by atoms with Gasteiger partial charge in [-0.1, -0.05) is 26.3 Å². The standard InChI is InChI=1S/C23H29N3O3S/c1-4-6-14-24-21(27)18-8-7-9-19(15-18)25-23(30)26-22(28)17-10-12-20(13-11-17)29-16(3)5-2/h7-13,15-16H,4-6,14H2,1-3H3,(H,24,27)(H2,25,26,28,30). The summed E-state index contributed by atoms with van der Waals surface area (Å²) >= 11 is 5.24. The van der Waals surface area contributed by atoms with Gasteiger partial charge in [-0.3, -0.25) is 14.9 Å². The van der Waals surface area contributed by atoms with E-state index in [1.54, 1.807) is 48.5 Å². The van der Waals surface area contributed by atoms with Crippen LogP contribution < -0.4 is 20.7 Å². The molecule has 2 aromatic carbocycles. The van der Waals surface area contributed by atoms with Crippen molar-refractivity contribution in [3.05, 3.63) is 59.7 Å². The molecule has 0 heterocycles. The van der Waals surface area contributed by atoms with Crippen LogP contribution in [0.5, 0.6) is 5.75 Å². The summed E-state index contributed by atoms with van der Waals surface area (Å²) in [6.45, 7) is 6.76. The summed E-state index contributed by atoms with van der Waals surface area (Å²) < 4.78 is 5.72. The molecule has 30 heavy (non-hydrogen) atoms. The summed E-state index contributed by atoms with van der Waals surface area (Å²) in [6.07, 6.45) is 2.98. The van der Waals surface area contributed by atoms with Crippen molar-refractivity contribution in [2.24, 2.45) is 0 Å². The number of rotatable bonds is 9. The molecule has 0 saturated heterocycles. The van der Waals surface area contributed by atoms with E-state index in [2.05, 4.69) is 29.8 Å². The number of carbonyl (C=O) groups excluding carboxylic acids is 2. The number of amides is 2. The van der Waals surface area contributed by atoms with Crippen LogP contribution in [-0.2, 0) is 0 Å². The molecule has 2 amide bonds. The van der Waals surface area contributed by atoms with Crippen LogP contribution in [0.1, 0.15) is 60.7 Å². The first-order chi connectivity index (χ1) is 14.4. The van der Waals surface area contributed by atoms with E-state index in [4.69, 9.17) is 17.0 Å². The van der Waals surface area contributed by atoms with Gasteiger partial charge in [0, 0.05) is 23.4 Å². The number of nitrogens with one attached hydrogen (secondary N) is 3. The zero-order chi connectivity index (χ0) is 21.9. The molecule has 0 aliphatic rings. The fourth-order valence-corrected chi connectivity index (χ4v) is 2.77. The highest BCUT2D eigenvalue weighted by atomic mass is 32.1. The highest BCUT2D eigenvalue weighted by molar-refractivity contribution is 7.80. The zero-order valence-corrected chi connectivity index (χ0v) is 18.5. The fourth-order valence-electron chi connectivity index (χ4n) is 2.56. The minimum atomic E-state index is -0.323. The van der Waals surface area contributed by atoms with Gasteiger partial charge in [-0.15, -0.1) is 0 Å². The van der Waals surface area contributed by atoms with E-state index in [-0.39, 0.29) is 23.0 Å². The number of unbranched alkanes of at least 4 members (excludes halogenated alkanes) is 1. The lowest BCUT2D eigenvalue weighted by Crippen LogP contribution is -2.34. The molecule has 3 N–H and O–H groups in total. The van der Waals surface area contributed by atoms with Crippen LogP contribution in [0.3, 0.4) is 0 Å². The Morgan fingerprint density at radius 2 is 1.77 bits per heavy atom. The maximum atomic E-state index is 12.4. The van der Waals surface area contributed by atoms with Gasteiger partial charge in [0.15, 0.2) is 5.11 Å². The molecule has 0 saturated carbocycles. The number of ether oxygens (including phenoxy) is 1. The minimum absolute atomic E-state index is 0.117. The summed E-state index contributed by atoms with van der Waals surface area (Å²) in [5.41, 5.74) is 1.63. The Labute approximate surface area is 183 Å². The van der Waals surface area contributed by atoms with Crippen LogP contribution in [0.15, 0.2) is 48.5 Å². The van der Waals surface area contributed by atoms with E-state index in [1.807, 2.05) is 6.92 Å². The van der Waals surface area contributed by atoms with Crippen molar-refractivity contribution >= 4 is 34.8 Å². The predicted molar refractivity (Wildman–Crippen MR) is 124 cm³/mol. The van der Waals surface area contributed by atoms with Gasteiger partial charge in [0.05, 0.1) is 6.10 Å². The van der Waals surface area contributed by atoms with E-state index < -0.39 is 0 Å². The summed E-state index contributed by atoms with van der Waals surface area (Å²) in [5.74, 6) is 0.258. The first-order valence-corrected chi connectivity index (χ1v) is 10.6. The maximum absolute atomic E-state index is 12.4. The maximum Gasteiger partial charge on any atom is 0.257 e. The fraction of sp³-hybridized carbons (Fsp3) is 0.348. The molecule has 0 radical (unpaired) electrons. The lowest BCUT2D eigenvalue weighted by Gasteiger charge is -2.13. The summed E-state index contributed by atoms with van der Waals surface area (Å²) in [7, 11) is 0. The predicted octanol–water partition coefficient (Wildman–Crippen LogP) is 4.52. The van der Waals surface area contributed by atoms with E-state index >= 15 is 0 Å². The zero-order valence-electron chi connectivity index (χ0n) is 17.7. The molecule has 2 aromatic rings. The Balaban J connectivity index is 1.91. The van der Waals surface area contributed by atoms with Crippen molar-refractivity contribution in [1.29, 1.82) is 0 Å². The second-order valence-electron chi connectivity index (χ2n) is 6.96. The van der Waals surface area contributed by atoms with Crippen LogP contribution in [0.2, 0.25) is 0 Å². The van der Waals surface area contributed by atoms with Crippen molar-refractivity contribution in [1.82, 2.24) is 10.6 Å². The molecule has 0 bridgehead atoms. The van der Waals surface area contributed by atoms with Gasteiger partial charge in [-0.2, -0.15) is 0 Å². The minimum Gasteiger partial charge on any atom is -0.491 e. The monoisotopic (exact) mass is 427 g/mol. The molecular formula is C23H29N3O3S. The van der Waals surface area contributed by atoms with Gasteiger partial charge in [-0.05, 0) is 74.4 Å². The van der Waals surface area contributed by atoms with Crippen molar-refractivity contribution < 1.29 is 14.3 Å². The smallest absolute Gasteiger partial charge is 0.257 e. The number of benzene rings is 2. The Morgan fingerprint density at radius 1 is 1.03 bits per heavy atom. The van der Waals surface area contributed by atoms with E-state index in [9.17, 15) is 9.59 Å². The first kappa shape index (κ1) is 23.3. The molecule has 0 aromatic heterocycles. The third-order valence-corrected chi connectivity index (χ3v) is 4.66. The summed E-state index contributed by atoms with van der Waals surface area (Å²) in [6, 6.07) is 13.9. The average Bonchev–Trinajstić information content (AvgIpc) is 2.74. The number of anilines is 1. The number of thiocarbonyl (C=S) groups is 1. The molecule has 0 fully saturated rings. The largest absolute Gasteiger partial charge is 0.491 e. The molecule has 1 unspecified atom stereocenters.